The highest BCUT2D eigenvalue weighted by Gasteiger charge is 2.35. The highest BCUT2D eigenvalue weighted by atomic mass is 35.5. The van der Waals surface area contributed by atoms with Crippen molar-refractivity contribution in [1.29, 1.82) is 0 Å². The van der Waals surface area contributed by atoms with E-state index in [4.69, 9.17) is 34.8 Å². The smallest absolute Gasteiger partial charge is 0.264 e. The van der Waals surface area contributed by atoms with E-state index in [2.05, 4.69) is 5.32 Å². The van der Waals surface area contributed by atoms with Gasteiger partial charge in [0.2, 0.25) is 11.8 Å². The molecule has 0 aliphatic rings. The third-order valence-electron chi connectivity index (χ3n) is 7.02. The van der Waals surface area contributed by atoms with E-state index in [0.29, 0.717) is 15.6 Å². The van der Waals surface area contributed by atoms with E-state index in [-0.39, 0.29) is 40.5 Å². The first-order chi connectivity index (χ1) is 21.3. The maximum atomic E-state index is 14.5. The molecule has 45 heavy (non-hydrogen) atoms. The van der Waals surface area contributed by atoms with Gasteiger partial charge in [-0.3, -0.25) is 13.9 Å². The van der Waals surface area contributed by atoms with Gasteiger partial charge in [0, 0.05) is 24.0 Å². The zero-order valence-electron chi connectivity index (χ0n) is 25.1. The molecule has 4 aromatic carbocycles. The molecule has 236 valence electrons. The summed E-state index contributed by atoms with van der Waals surface area (Å²) < 4.78 is 29.2. The number of anilines is 1. The molecule has 1 N–H and O–H groups in total. The Hall–Kier alpha value is -3.56. The zero-order chi connectivity index (χ0) is 32.7. The quantitative estimate of drug-likeness (QED) is 0.169. The first kappa shape index (κ1) is 34.3. The third-order valence-corrected chi connectivity index (χ3v) is 9.79. The molecular formula is C34H34Cl3N3O4S. The molecule has 0 aromatic heterocycles. The van der Waals surface area contributed by atoms with E-state index in [0.717, 1.165) is 15.4 Å². The van der Waals surface area contributed by atoms with Gasteiger partial charge in [0.25, 0.3) is 10.0 Å². The molecule has 0 saturated carbocycles. The molecule has 11 heteroatoms. The molecular weight excluding hydrogens is 653 g/mol. The normalized spacial score (nSPS) is 12.1. The molecule has 0 spiro atoms. The highest BCUT2D eigenvalue weighted by Crippen LogP contribution is 2.28. The first-order valence-corrected chi connectivity index (χ1v) is 16.8. The van der Waals surface area contributed by atoms with Gasteiger partial charge in [0.05, 0.1) is 20.6 Å². The number of amides is 2. The minimum atomic E-state index is -4.24. The molecule has 0 radical (unpaired) electrons. The Morgan fingerprint density at radius 1 is 0.800 bits per heavy atom. The van der Waals surface area contributed by atoms with Crippen LogP contribution in [0, 0.1) is 6.92 Å². The lowest BCUT2D eigenvalue weighted by Gasteiger charge is -2.34. The molecule has 0 saturated heterocycles. The fourth-order valence-electron chi connectivity index (χ4n) is 4.77. The van der Waals surface area contributed by atoms with E-state index < -0.39 is 28.5 Å². The van der Waals surface area contributed by atoms with Gasteiger partial charge in [-0.2, -0.15) is 0 Å². The number of sulfonamides is 1. The average Bonchev–Trinajstić information content (AvgIpc) is 2.99. The van der Waals surface area contributed by atoms with Crippen LogP contribution in [0.2, 0.25) is 15.1 Å². The van der Waals surface area contributed by atoms with Crippen LogP contribution in [0.5, 0.6) is 0 Å². The monoisotopic (exact) mass is 685 g/mol. The average molecular weight is 687 g/mol. The minimum Gasteiger partial charge on any atom is -0.352 e. The maximum Gasteiger partial charge on any atom is 0.264 e. The predicted octanol–water partition coefficient (Wildman–Crippen LogP) is 7.32. The van der Waals surface area contributed by atoms with Crippen LogP contribution in [0.1, 0.15) is 30.5 Å². The van der Waals surface area contributed by atoms with Crippen LogP contribution in [0.4, 0.5) is 5.69 Å². The van der Waals surface area contributed by atoms with E-state index >= 15 is 0 Å². The van der Waals surface area contributed by atoms with E-state index in [9.17, 15) is 18.0 Å². The number of rotatable bonds is 12. The Labute approximate surface area is 279 Å². The van der Waals surface area contributed by atoms with Crippen molar-refractivity contribution in [3.8, 4) is 0 Å². The van der Waals surface area contributed by atoms with E-state index in [1.54, 1.807) is 48.5 Å². The van der Waals surface area contributed by atoms with Crippen LogP contribution >= 0.6 is 34.8 Å². The number of nitrogens with one attached hydrogen (secondary N) is 1. The molecule has 4 aromatic rings. The molecule has 2 amide bonds. The summed E-state index contributed by atoms with van der Waals surface area (Å²) in [5.74, 6) is -0.977. The van der Waals surface area contributed by atoms with Crippen LogP contribution in [0.15, 0.2) is 102 Å². The molecule has 4 rings (SSSR count). The Bertz CT molecular complexity index is 1750. The second-order valence-electron chi connectivity index (χ2n) is 10.9. The van der Waals surface area contributed by atoms with E-state index in [1.165, 1.54) is 23.1 Å². The van der Waals surface area contributed by atoms with Gasteiger partial charge in [-0.1, -0.05) is 95.0 Å². The molecule has 0 bridgehead atoms. The molecule has 0 aliphatic carbocycles. The second kappa shape index (κ2) is 15.1. The van der Waals surface area contributed by atoms with Crippen molar-refractivity contribution in [2.24, 2.45) is 0 Å². The number of carbonyl (C=O) groups excluding carboxylic acids is 2. The maximum absolute atomic E-state index is 14.5. The number of hydrogen-bond donors (Lipinski definition) is 1. The van der Waals surface area contributed by atoms with Gasteiger partial charge < -0.3 is 10.2 Å². The molecule has 1 atom stereocenters. The standard InChI is InChI=1S/C34H34Cl3N3O4S/c1-23(2)38-34(42)32(19-25-8-5-4-6-9-25)39(21-26-14-17-30(36)31(37)18-26)33(41)22-40(28-11-7-10-27(35)20-28)45(43,44)29-15-12-24(3)13-16-29/h4-18,20,23,32H,19,21-22H2,1-3H3,(H,38,42)/t32-/m1/s1. The van der Waals surface area contributed by atoms with Crippen molar-refractivity contribution in [2.75, 3.05) is 10.8 Å². The van der Waals surface area contributed by atoms with Crippen LogP contribution in [-0.2, 0) is 32.6 Å². The lowest BCUT2D eigenvalue weighted by molar-refractivity contribution is -0.140. The Balaban J connectivity index is 1.82. The SMILES string of the molecule is Cc1ccc(S(=O)(=O)N(CC(=O)N(Cc2ccc(Cl)c(Cl)c2)[C@H](Cc2ccccc2)C(=O)NC(C)C)c2cccc(Cl)c2)cc1. The largest absolute Gasteiger partial charge is 0.352 e. The summed E-state index contributed by atoms with van der Waals surface area (Å²) in [6.45, 7) is 4.88. The van der Waals surface area contributed by atoms with Crippen molar-refractivity contribution in [3.63, 3.8) is 0 Å². The number of nitrogens with zero attached hydrogens (tertiary/aromatic N) is 2. The molecule has 0 fully saturated rings. The third kappa shape index (κ3) is 9.01. The summed E-state index contributed by atoms with van der Waals surface area (Å²) in [4.78, 5) is 29.6. The lowest BCUT2D eigenvalue weighted by Crippen LogP contribution is -2.54. The molecule has 0 unspecified atom stereocenters. The van der Waals surface area contributed by atoms with Gasteiger partial charge in [-0.15, -0.1) is 0 Å². The number of benzene rings is 4. The molecule has 7 nitrogen and oxygen atoms in total. The second-order valence-corrected chi connectivity index (χ2v) is 14.1. The summed E-state index contributed by atoms with van der Waals surface area (Å²) in [5, 5.41) is 3.86. The van der Waals surface area contributed by atoms with Crippen LogP contribution < -0.4 is 9.62 Å². The summed E-state index contributed by atoms with van der Waals surface area (Å²) >= 11 is 18.8. The van der Waals surface area contributed by atoms with Crippen molar-refractivity contribution >= 4 is 62.3 Å². The van der Waals surface area contributed by atoms with Crippen molar-refractivity contribution < 1.29 is 18.0 Å². The zero-order valence-corrected chi connectivity index (χ0v) is 28.2. The minimum absolute atomic E-state index is 0.00953. The Morgan fingerprint density at radius 3 is 2.11 bits per heavy atom. The molecule has 0 heterocycles. The lowest BCUT2D eigenvalue weighted by atomic mass is 10.0. The Kier molecular flexibility index (Phi) is 11.6. The summed E-state index contributed by atoms with van der Waals surface area (Å²) in [6.07, 6.45) is 0.189. The van der Waals surface area contributed by atoms with Crippen LogP contribution in [0.25, 0.3) is 0 Å². The van der Waals surface area contributed by atoms with Crippen molar-refractivity contribution in [2.45, 2.75) is 50.7 Å². The van der Waals surface area contributed by atoms with E-state index in [1.807, 2.05) is 51.1 Å². The summed E-state index contributed by atoms with van der Waals surface area (Å²) in [5.41, 5.74) is 2.53. The van der Waals surface area contributed by atoms with Crippen LogP contribution in [-0.4, -0.2) is 43.8 Å². The highest BCUT2D eigenvalue weighted by molar-refractivity contribution is 7.92. The van der Waals surface area contributed by atoms with Crippen LogP contribution in [0.3, 0.4) is 0 Å². The summed E-state index contributed by atoms with van der Waals surface area (Å²) in [7, 11) is -4.24. The predicted molar refractivity (Wildman–Crippen MR) is 181 cm³/mol. The fraction of sp³-hybridized carbons (Fsp3) is 0.235. The molecule has 0 aliphatic heterocycles. The number of hydrogen-bond acceptors (Lipinski definition) is 4. The first-order valence-electron chi connectivity index (χ1n) is 14.3. The topological polar surface area (TPSA) is 86.8 Å². The van der Waals surface area contributed by atoms with Gasteiger partial charge in [-0.25, -0.2) is 8.42 Å². The number of halogens is 3. The summed E-state index contributed by atoms with van der Waals surface area (Å²) in [6, 6.07) is 25.7. The van der Waals surface area contributed by atoms with Gasteiger partial charge in [-0.05, 0) is 74.4 Å². The Morgan fingerprint density at radius 2 is 1.49 bits per heavy atom. The number of carbonyl (C=O) groups is 2. The van der Waals surface area contributed by atoms with Gasteiger partial charge >= 0.3 is 0 Å². The van der Waals surface area contributed by atoms with Crippen molar-refractivity contribution in [1.82, 2.24) is 10.2 Å². The van der Waals surface area contributed by atoms with Gasteiger partial charge in [0.1, 0.15) is 12.6 Å². The van der Waals surface area contributed by atoms with Gasteiger partial charge in [0.15, 0.2) is 0 Å². The number of aryl methyl sites for hydroxylation is 1. The van der Waals surface area contributed by atoms with Crippen molar-refractivity contribution in [3.05, 3.63) is 129 Å². The fourth-order valence-corrected chi connectivity index (χ4v) is 6.68.